The monoisotopic (exact) mass is 261 g/mol. The van der Waals surface area contributed by atoms with Gasteiger partial charge in [-0.05, 0) is 44.0 Å². The van der Waals surface area contributed by atoms with Gasteiger partial charge in [-0.3, -0.25) is 0 Å². The molecule has 1 fully saturated rings. The van der Waals surface area contributed by atoms with Gasteiger partial charge in [0.15, 0.2) is 0 Å². The van der Waals surface area contributed by atoms with Gasteiger partial charge in [0, 0.05) is 17.9 Å². The number of aryl methyl sites for hydroxylation is 1. The summed E-state index contributed by atoms with van der Waals surface area (Å²) < 4.78 is 6.27. The van der Waals surface area contributed by atoms with Crippen LogP contribution in [0.3, 0.4) is 0 Å². The van der Waals surface area contributed by atoms with Crippen molar-refractivity contribution in [2.24, 2.45) is 5.41 Å². The molecule has 0 aromatic heterocycles. The zero-order valence-electron chi connectivity index (χ0n) is 12.7. The lowest BCUT2D eigenvalue weighted by molar-refractivity contribution is -0.0854. The summed E-state index contributed by atoms with van der Waals surface area (Å²) in [5.41, 5.74) is 1.57. The van der Waals surface area contributed by atoms with Crippen LogP contribution in [0.4, 0.5) is 0 Å². The molecule has 1 N–H and O–H groups in total. The van der Waals surface area contributed by atoms with Gasteiger partial charge in [0.25, 0.3) is 0 Å². The summed E-state index contributed by atoms with van der Waals surface area (Å²) in [6, 6.07) is 9.01. The molecule has 0 amide bonds. The molecule has 2 heteroatoms. The van der Waals surface area contributed by atoms with Crippen LogP contribution in [-0.2, 0) is 0 Å². The second-order valence-electron chi connectivity index (χ2n) is 5.71. The predicted octanol–water partition coefficient (Wildman–Crippen LogP) is 3.93. The lowest BCUT2D eigenvalue weighted by Gasteiger charge is -2.55. The zero-order valence-corrected chi connectivity index (χ0v) is 12.7. The molecule has 19 heavy (non-hydrogen) atoms. The molecule has 0 radical (unpaired) electrons. The summed E-state index contributed by atoms with van der Waals surface area (Å²) in [7, 11) is 0. The van der Waals surface area contributed by atoms with E-state index in [1.807, 2.05) is 0 Å². The van der Waals surface area contributed by atoms with Gasteiger partial charge >= 0.3 is 0 Å². The number of benzene rings is 1. The summed E-state index contributed by atoms with van der Waals surface area (Å²) in [6.45, 7) is 9.93. The number of hydrogen-bond donors (Lipinski definition) is 1. The first kappa shape index (κ1) is 14.4. The quantitative estimate of drug-likeness (QED) is 0.837. The van der Waals surface area contributed by atoms with Gasteiger partial charge in [0.05, 0.1) is 0 Å². The molecule has 2 rings (SSSR count). The molecule has 0 saturated heterocycles. The van der Waals surface area contributed by atoms with Crippen molar-refractivity contribution >= 4 is 0 Å². The molecule has 1 aromatic carbocycles. The predicted molar refractivity (Wildman–Crippen MR) is 80.7 cm³/mol. The van der Waals surface area contributed by atoms with Crippen molar-refractivity contribution in [2.75, 3.05) is 6.54 Å². The number of nitrogens with one attached hydrogen (secondary N) is 1. The lowest BCUT2D eigenvalue weighted by Crippen LogP contribution is -2.64. The van der Waals surface area contributed by atoms with Crippen LogP contribution in [0.15, 0.2) is 24.3 Å². The highest BCUT2D eigenvalue weighted by Crippen LogP contribution is 2.48. The van der Waals surface area contributed by atoms with E-state index in [0.717, 1.165) is 18.7 Å². The Morgan fingerprint density at radius 3 is 2.58 bits per heavy atom. The first-order chi connectivity index (χ1) is 9.16. The zero-order chi connectivity index (χ0) is 13.9. The largest absolute Gasteiger partial charge is 0.490 e. The molecule has 1 aliphatic rings. The maximum Gasteiger partial charge on any atom is 0.120 e. The minimum atomic E-state index is 0.305. The molecule has 2 nitrogen and oxygen atoms in total. The van der Waals surface area contributed by atoms with Gasteiger partial charge in [-0.1, -0.05) is 32.9 Å². The van der Waals surface area contributed by atoms with Crippen molar-refractivity contribution in [1.29, 1.82) is 0 Å². The molecule has 1 saturated carbocycles. The van der Waals surface area contributed by atoms with Crippen LogP contribution in [0.1, 0.15) is 45.6 Å². The van der Waals surface area contributed by atoms with E-state index >= 15 is 0 Å². The van der Waals surface area contributed by atoms with Gasteiger partial charge in [0.2, 0.25) is 0 Å². The molecule has 1 aliphatic carbocycles. The molecular weight excluding hydrogens is 234 g/mol. The summed E-state index contributed by atoms with van der Waals surface area (Å²) in [4.78, 5) is 0. The van der Waals surface area contributed by atoms with Gasteiger partial charge in [0.1, 0.15) is 11.9 Å². The van der Waals surface area contributed by atoms with E-state index in [9.17, 15) is 0 Å². The molecule has 2 atom stereocenters. The van der Waals surface area contributed by atoms with E-state index < -0.39 is 0 Å². The Morgan fingerprint density at radius 1 is 1.26 bits per heavy atom. The van der Waals surface area contributed by atoms with Crippen molar-refractivity contribution < 1.29 is 4.74 Å². The molecule has 106 valence electrons. The van der Waals surface area contributed by atoms with Crippen molar-refractivity contribution in [2.45, 2.75) is 59.1 Å². The standard InChI is InChI=1S/C17H27NO/c1-5-17(6-2)15(18-7-3)12-16(17)19-14-10-8-9-13(4)11-14/h8-11,15-16,18H,5-7,12H2,1-4H3. The first-order valence-corrected chi connectivity index (χ1v) is 7.63. The summed E-state index contributed by atoms with van der Waals surface area (Å²) in [6.07, 6.45) is 3.84. The van der Waals surface area contributed by atoms with E-state index in [1.165, 1.54) is 18.4 Å². The van der Waals surface area contributed by atoms with Crippen LogP contribution >= 0.6 is 0 Å². The van der Waals surface area contributed by atoms with E-state index in [2.05, 4.69) is 57.3 Å². The highest BCUT2D eigenvalue weighted by Gasteiger charge is 2.53. The second-order valence-corrected chi connectivity index (χ2v) is 5.71. The van der Waals surface area contributed by atoms with Crippen LogP contribution < -0.4 is 10.1 Å². The van der Waals surface area contributed by atoms with Crippen LogP contribution in [0, 0.1) is 12.3 Å². The highest BCUT2D eigenvalue weighted by atomic mass is 16.5. The summed E-state index contributed by atoms with van der Waals surface area (Å²) in [5, 5.41) is 3.62. The Bertz CT molecular complexity index is 411. The molecule has 1 aromatic rings. The van der Waals surface area contributed by atoms with E-state index in [4.69, 9.17) is 4.74 Å². The minimum Gasteiger partial charge on any atom is -0.490 e. The molecule has 2 unspecified atom stereocenters. The number of ether oxygens (including phenoxy) is 1. The molecule has 0 aliphatic heterocycles. The SMILES string of the molecule is CCNC1CC(Oc2cccc(C)c2)C1(CC)CC. The summed E-state index contributed by atoms with van der Waals surface area (Å²) in [5.74, 6) is 1.02. The molecule has 0 heterocycles. The fraction of sp³-hybridized carbons (Fsp3) is 0.647. The molecule has 0 bridgehead atoms. The number of rotatable bonds is 6. The maximum atomic E-state index is 6.27. The van der Waals surface area contributed by atoms with Gasteiger partial charge < -0.3 is 10.1 Å². The maximum absolute atomic E-state index is 6.27. The van der Waals surface area contributed by atoms with E-state index in [1.54, 1.807) is 0 Å². The first-order valence-electron chi connectivity index (χ1n) is 7.63. The number of hydrogen-bond acceptors (Lipinski definition) is 2. The van der Waals surface area contributed by atoms with Crippen LogP contribution in [-0.4, -0.2) is 18.7 Å². The highest BCUT2D eigenvalue weighted by molar-refractivity contribution is 5.28. The molecular formula is C17H27NO. The van der Waals surface area contributed by atoms with Gasteiger partial charge in [-0.15, -0.1) is 0 Å². The topological polar surface area (TPSA) is 21.3 Å². The average molecular weight is 261 g/mol. The van der Waals surface area contributed by atoms with E-state index in [0.29, 0.717) is 17.6 Å². The second kappa shape index (κ2) is 5.96. The van der Waals surface area contributed by atoms with Crippen LogP contribution in [0.5, 0.6) is 5.75 Å². The average Bonchev–Trinajstić information content (AvgIpc) is 2.39. The van der Waals surface area contributed by atoms with Crippen LogP contribution in [0.25, 0.3) is 0 Å². The van der Waals surface area contributed by atoms with Crippen LogP contribution in [0.2, 0.25) is 0 Å². The fourth-order valence-corrected chi connectivity index (χ4v) is 3.50. The Balaban J connectivity index is 2.08. The Hall–Kier alpha value is -1.02. The smallest absolute Gasteiger partial charge is 0.120 e. The Morgan fingerprint density at radius 2 is 2.00 bits per heavy atom. The van der Waals surface area contributed by atoms with Gasteiger partial charge in [-0.25, -0.2) is 0 Å². The van der Waals surface area contributed by atoms with Crippen molar-refractivity contribution in [3.05, 3.63) is 29.8 Å². The van der Waals surface area contributed by atoms with Crippen molar-refractivity contribution in [3.63, 3.8) is 0 Å². The third-order valence-corrected chi connectivity index (χ3v) is 4.82. The van der Waals surface area contributed by atoms with Gasteiger partial charge in [-0.2, -0.15) is 0 Å². The van der Waals surface area contributed by atoms with E-state index in [-0.39, 0.29) is 0 Å². The lowest BCUT2D eigenvalue weighted by atomic mass is 9.58. The normalized spacial score (nSPS) is 24.8. The third-order valence-electron chi connectivity index (χ3n) is 4.82. The van der Waals surface area contributed by atoms with Crippen molar-refractivity contribution in [3.8, 4) is 5.75 Å². The van der Waals surface area contributed by atoms with Crippen molar-refractivity contribution in [1.82, 2.24) is 5.32 Å². The fourth-order valence-electron chi connectivity index (χ4n) is 3.50. The summed E-state index contributed by atoms with van der Waals surface area (Å²) >= 11 is 0. The minimum absolute atomic E-state index is 0.305. The Kier molecular flexibility index (Phi) is 4.51. The molecule has 0 spiro atoms. The third kappa shape index (κ3) is 2.64. The Labute approximate surface area is 117 Å².